The van der Waals surface area contributed by atoms with E-state index in [9.17, 15) is 13.2 Å². The molecule has 0 saturated heterocycles. The third-order valence-electron chi connectivity index (χ3n) is 9.93. The Hall–Kier alpha value is -6.86. The van der Waals surface area contributed by atoms with E-state index in [0.717, 1.165) is 55.8 Å². The number of benzene rings is 7. The fraction of sp³-hybridized carbons (Fsp3) is 0.0625. The lowest BCUT2D eigenvalue weighted by molar-refractivity contribution is -0.137. The van der Waals surface area contributed by atoms with E-state index in [1.54, 1.807) is 6.07 Å². The van der Waals surface area contributed by atoms with Crippen molar-refractivity contribution in [2.24, 2.45) is 0 Å². The Labute approximate surface area is 316 Å². The quantitative estimate of drug-likeness (QED) is 0.172. The van der Waals surface area contributed by atoms with Gasteiger partial charge in [0.1, 0.15) is 0 Å². The zero-order chi connectivity index (χ0) is 37.7. The van der Waals surface area contributed by atoms with Gasteiger partial charge in [-0.2, -0.15) is 13.2 Å². The van der Waals surface area contributed by atoms with Crippen LogP contribution in [-0.2, 0) is 6.18 Å². The van der Waals surface area contributed by atoms with Gasteiger partial charge in [0.05, 0.1) is 16.6 Å². The Morgan fingerprint density at radius 2 is 1.02 bits per heavy atom. The fourth-order valence-electron chi connectivity index (χ4n) is 7.47. The second-order valence-electron chi connectivity index (χ2n) is 13.8. The molecule has 7 heteroatoms. The van der Waals surface area contributed by atoms with Crippen LogP contribution in [0.4, 0.5) is 13.2 Å². The van der Waals surface area contributed by atoms with Gasteiger partial charge in [-0.25, -0.2) is 15.0 Å². The standard InChI is InChI=1S/C48H33F3N4/c1-30-24-31(2)26-36(25-30)34-20-22-41-40-18-9-10-19-43(40)55(44(41)28-34)38-21-23-39(35-16-11-17-37(27-35)48(49,50)51)42(29-38)47-53-45(32-12-5-3-6-13-32)52-46(54-47)33-14-7-4-8-15-33/h3-29H,1-2H3. The SMILES string of the molecule is Cc1cc(C)cc(-c2ccc3c4ccccc4n(-c4ccc(-c5cccc(C(F)(F)F)c5)c(-c5nc(-c6ccccc6)nc(-c6ccccc6)n5)c4)c3c2)c1. The summed E-state index contributed by atoms with van der Waals surface area (Å²) in [7, 11) is 0. The van der Waals surface area contributed by atoms with Gasteiger partial charge in [-0.15, -0.1) is 0 Å². The number of aryl methyl sites for hydroxylation is 2. The molecule has 0 radical (unpaired) electrons. The number of hydrogen-bond acceptors (Lipinski definition) is 3. The molecule has 266 valence electrons. The average molecular weight is 723 g/mol. The van der Waals surface area contributed by atoms with Crippen LogP contribution in [0.2, 0.25) is 0 Å². The van der Waals surface area contributed by atoms with Gasteiger partial charge in [0, 0.05) is 33.2 Å². The van der Waals surface area contributed by atoms with E-state index < -0.39 is 11.7 Å². The second-order valence-corrected chi connectivity index (χ2v) is 13.8. The maximum atomic E-state index is 14.1. The summed E-state index contributed by atoms with van der Waals surface area (Å²) in [6.45, 7) is 4.21. The van der Waals surface area contributed by atoms with E-state index in [2.05, 4.69) is 66.9 Å². The molecule has 0 unspecified atom stereocenters. The maximum absolute atomic E-state index is 14.1. The Kier molecular flexibility index (Phi) is 8.35. The largest absolute Gasteiger partial charge is 0.416 e. The topological polar surface area (TPSA) is 43.6 Å². The molecule has 0 amide bonds. The van der Waals surface area contributed by atoms with E-state index in [-0.39, 0.29) is 0 Å². The first kappa shape index (κ1) is 33.9. The van der Waals surface area contributed by atoms with Gasteiger partial charge in [0.2, 0.25) is 0 Å². The van der Waals surface area contributed by atoms with Gasteiger partial charge in [0.25, 0.3) is 0 Å². The van der Waals surface area contributed by atoms with Crippen LogP contribution in [-0.4, -0.2) is 19.5 Å². The maximum Gasteiger partial charge on any atom is 0.416 e. The van der Waals surface area contributed by atoms with Crippen LogP contribution in [0.5, 0.6) is 0 Å². The molecule has 55 heavy (non-hydrogen) atoms. The average Bonchev–Trinajstić information content (AvgIpc) is 3.54. The zero-order valence-corrected chi connectivity index (χ0v) is 30.0. The van der Waals surface area contributed by atoms with E-state index in [4.69, 9.17) is 15.0 Å². The first-order chi connectivity index (χ1) is 26.7. The number of nitrogens with zero attached hydrogens (tertiary/aromatic N) is 4. The van der Waals surface area contributed by atoms with Crippen molar-refractivity contribution in [3.63, 3.8) is 0 Å². The number of aromatic nitrogens is 4. The lowest BCUT2D eigenvalue weighted by Gasteiger charge is -2.16. The summed E-state index contributed by atoms with van der Waals surface area (Å²) in [6.07, 6.45) is -4.51. The Morgan fingerprint density at radius 3 is 1.69 bits per heavy atom. The molecular formula is C48H33F3N4. The van der Waals surface area contributed by atoms with Crippen molar-refractivity contribution in [1.82, 2.24) is 19.5 Å². The van der Waals surface area contributed by atoms with Crippen LogP contribution in [0.25, 0.3) is 83.9 Å². The van der Waals surface area contributed by atoms with Crippen LogP contribution in [0.3, 0.4) is 0 Å². The van der Waals surface area contributed by atoms with Gasteiger partial charge in [-0.05, 0) is 72.5 Å². The summed E-state index contributed by atoms with van der Waals surface area (Å²) in [5.74, 6) is 1.26. The van der Waals surface area contributed by atoms with Gasteiger partial charge in [-0.1, -0.05) is 139 Å². The molecule has 0 bridgehead atoms. The van der Waals surface area contributed by atoms with Crippen molar-refractivity contribution in [2.45, 2.75) is 20.0 Å². The molecule has 0 saturated carbocycles. The number of hydrogen-bond donors (Lipinski definition) is 0. The lowest BCUT2D eigenvalue weighted by atomic mass is 9.96. The highest BCUT2D eigenvalue weighted by atomic mass is 19.4. The predicted octanol–water partition coefficient (Wildman–Crippen LogP) is 12.9. The Morgan fingerprint density at radius 1 is 0.418 bits per heavy atom. The molecule has 0 aliphatic heterocycles. The molecule has 0 spiro atoms. The van der Waals surface area contributed by atoms with Crippen molar-refractivity contribution < 1.29 is 13.2 Å². The fourth-order valence-corrected chi connectivity index (χ4v) is 7.47. The molecule has 0 aliphatic carbocycles. The van der Waals surface area contributed by atoms with Crippen molar-refractivity contribution in [1.29, 1.82) is 0 Å². The smallest absolute Gasteiger partial charge is 0.309 e. The minimum absolute atomic E-state index is 0.346. The van der Waals surface area contributed by atoms with E-state index in [1.165, 1.54) is 23.3 Å². The molecule has 0 aliphatic rings. The van der Waals surface area contributed by atoms with Crippen molar-refractivity contribution in [2.75, 3.05) is 0 Å². The number of halogens is 3. The van der Waals surface area contributed by atoms with Crippen LogP contribution in [0.1, 0.15) is 16.7 Å². The van der Waals surface area contributed by atoms with Crippen molar-refractivity contribution >= 4 is 21.8 Å². The summed E-state index contributed by atoms with van der Waals surface area (Å²) < 4.78 is 44.5. The number of fused-ring (bicyclic) bond motifs is 3. The van der Waals surface area contributed by atoms with Gasteiger partial charge >= 0.3 is 6.18 Å². The zero-order valence-electron chi connectivity index (χ0n) is 30.0. The van der Waals surface area contributed by atoms with Crippen LogP contribution < -0.4 is 0 Å². The van der Waals surface area contributed by atoms with Gasteiger partial charge in [0.15, 0.2) is 17.5 Å². The van der Waals surface area contributed by atoms with E-state index >= 15 is 0 Å². The predicted molar refractivity (Wildman–Crippen MR) is 216 cm³/mol. The highest BCUT2D eigenvalue weighted by Gasteiger charge is 2.31. The van der Waals surface area contributed by atoms with E-state index in [0.29, 0.717) is 34.2 Å². The summed E-state index contributed by atoms with van der Waals surface area (Å²) in [5, 5.41) is 2.18. The van der Waals surface area contributed by atoms with Crippen LogP contribution >= 0.6 is 0 Å². The number of rotatable bonds is 6. The monoisotopic (exact) mass is 722 g/mol. The normalized spacial score (nSPS) is 11.7. The van der Waals surface area contributed by atoms with E-state index in [1.807, 2.05) is 91.0 Å². The number of para-hydroxylation sites is 1. The molecule has 2 aromatic heterocycles. The second kappa shape index (κ2) is 13.5. The lowest BCUT2D eigenvalue weighted by Crippen LogP contribution is -2.05. The Bertz CT molecular complexity index is 2800. The molecule has 0 N–H and O–H groups in total. The molecule has 4 nitrogen and oxygen atoms in total. The highest BCUT2D eigenvalue weighted by Crippen LogP contribution is 2.40. The minimum atomic E-state index is -4.51. The van der Waals surface area contributed by atoms with Crippen molar-refractivity contribution in [3.8, 4) is 62.1 Å². The summed E-state index contributed by atoms with van der Waals surface area (Å²) >= 11 is 0. The van der Waals surface area contributed by atoms with Gasteiger partial charge in [-0.3, -0.25) is 0 Å². The molecule has 0 fully saturated rings. The third-order valence-corrected chi connectivity index (χ3v) is 9.93. The third kappa shape index (κ3) is 6.44. The first-order valence-electron chi connectivity index (χ1n) is 18.0. The Balaban J connectivity index is 1.33. The molecule has 9 rings (SSSR count). The highest BCUT2D eigenvalue weighted by molar-refractivity contribution is 6.10. The first-order valence-corrected chi connectivity index (χ1v) is 18.0. The molecule has 2 heterocycles. The number of alkyl halides is 3. The molecule has 7 aromatic carbocycles. The van der Waals surface area contributed by atoms with Gasteiger partial charge < -0.3 is 4.57 Å². The minimum Gasteiger partial charge on any atom is -0.309 e. The molecular weight excluding hydrogens is 690 g/mol. The van der Waals surface area contributed by atoms with Crippen LogP contribution in [0, 0.1) is 13.8 Å². The summed E-state index contributed by atoms with van der Waals surface area (Å²) in [5.41, 5.74) is 9.80. The molecule has 0 atom stereocenters. The van der Waals surface area contributed by atoms with Crippen molar-refractivity contribution in [3.05, 3.63) is 180 Å². The van der Waals surface area contributed by atoms with Crippen LogP contribution in [0.15, 0.2) is 164 Å². The summed E-state index contributed by atoms with van der Waals surface area (Å²) in [6, 6.07) is 51.9. The summed E-state index contributed by atoms with van der Waals surface area (Å²) in [4.78, 5) is 14.9. The molecule has 9 aromatic rings.